The van der Waals surface area contributed by atoms with E-state index in [9.17, 15) is 5.11 Å². The van der Waals surface area contributed by atoms with E-state index in [0.29, 0.717) is 17.1 Å². The average Bonchev–Trinajstić information content (AvgIpc) is 2.98. The minimum Gasteiger partial charge on any atom is -0.507 e. The summed E-state index contributed by atoms with van der Waals surface area (Å²) in [6, 6.07) is 39.4. The Hall–Kier alpha value is -4.05. The Kier molecular flexibility index (Phi) is 8.78. The Balaban J connectivity index is 0.00000337. The quantitative estimate of drug-likeness (QED) is 0.174. The number of aryl methyl sites for hydroxylation is 2. The zero-order valence-electron chi connectivity index (χ0n) is 22.5. The summed E-state index contributed by atoms with van der Waals surface area (Å²) in [6.07, 6.45) is 1.79. The van der Waals surface area contributed by atoms with Gasteiger partial charge in [-0.25, -0.2) is 4.98 Å². The van der Waals surface area contributed by atoms with Crippen LogP contribution in [-0.4, -0.2) is 20.1 Å². The van der Waals surface area contributed by atoms with Gasteiger partial charge in [0, 0.05) is 38.4 Å². The fourth-order valence-corrected chi connectivity index (χ4v) is 5.61. The molecule has 204 valence electrons. The predicted octanol–water partition coefficient (Wildman–Crippen LogP) is 8.81. The number of hydrogen-bond acceptors (Lipinski definition) is 5. The van der Waals surface area contributed by atoms with Gasteiger partial charge in [0.1, 0.15) is 5.75 Å². The first-order chi connectivity index (χ1) is 19.5. The van der Waals surface area contributed by atoms with Crippen LogP contribution in [0, 0.1) is 19.9 Å². The number of rotatable bonds is 6. The van der Waals surface area contributed by atoms with Gasteiger partial charge in [-0.2, -0.15) is 0 Å². The van der Waals surface area contributed by atoms with Crippen LogP contribution in [0.1, 0.15) is 11.1 Å². The molecule has 6 heteroatoms. The van der Waals surface area contributed by atoms with Crippen molar-refractivity contribution >= 4 is 11.8 Å². The molecule has 1 N–H and O–H groups in total. The van der Waals surface area contributed by atoms with Gasteiger partial charge >= 0.3 is 0 Å². The van der Waals surface area contributed by atoms with Crippen LogP contribution in [0.25, 0.3) is 45.0 Å². The third-order valence-electron chi connectivity index (χ3n) is 6.69. The molecule has 0 fully saturated rings. The first kappa shape index (κ1) is 28.5. The number of nitrogens with zero attached hydrogens (tertiary/aromatic N) is 3. The zero-order chi connectivity index (χ0) is 27.5. The van der Waals surface area contributed by atoms with Crippen LogP contribution >= 0.6 is 11.8 Å². The summed E-state index contributed by atoms with van der Waals surface area (Å²) in [7, 11) is 0. The van der Waals surface area contributed by atoms with Crippen molar-refractivity contribution in [3.8, 4) is 50.8 Å². The molecule has 0 atom stereocenters. The van der Waals surface area contributed by atoms with Gasteiger partial charge in [0.25, 0.3) is 0 Å². The van der Waals surface area contributed by atoms with Crippen LogP contribution in [0.4, 0.5) is 0 Å². The fourth-order valence-electron chi connectivity index (χ4n) is 4.78. The maximum atomic E-state index is 10.7. The molecule has 0 saturated heterocycles. The Morgan fingerprint density at radius 2 is 1.39 bits per heavy atom. The normalized spacial score (nSPS) is 10.7. The molecular weight excluding hydrogens is 706 g/mol. The molecule has 4 aromatic carbocycles. The molecule has 0 aliphatic heterocycles. The van der Waals surface area contributed by atoms with E-state index in [4.69, 9.17) is 9.97 Å². The maximum absolute atomic E-state index is 10.7. The van der Waals surface area contributed by atoms with Crippen molar-refractivity contribution in [3.05, 3.63) is 133 Å². The van der Waals surface area contributed by atoms with Crippen LogP contribution < -0.4 is 0 Å². The fraction of sp³-hybridized carbons (Fsp3) is 0.0571. The SMILES string of the molecule is Cc1cccc(C)c1-c1cc(-c2ccccc2O)nc(-c2[c-]c(Sc3ccccn3)cc(-c3ccccc3)c2)n1.[Pt]. The summed E-state index contributed by atoms with van der Waals surface area (Å²) in [6.45, 7) is 4.18. The van der Waals surface area contributed by atoms with Crippen LogP contribution in [-0.2, 0) is 21.1 Å². The van der Waals surface area contributed by atoms with Crippen LogP contribution in [0.15, 0.2) is 125 Å². The second kappa shape index (κ2) is 12.6. The molecule has 0 bridgehead atoms. The molecule has 0 amide bonds. The van der Waals surface area contributed by atoms with Crippen molar-refractivity contribution in [2.45, 2.75) is 23.8 Å². The molecular formula is C35H26N3OPtS-. The van der Waals surface area contributed by atoms with Crippen LogP contribution in [0.2, 0.25) is 0 Å². The van der Waals surface area contributed by atoms with E-state index in [-0.39, 0.29) is 26.8 Å². The van der Waals surface area contributed by atoms with E-state index < -0.39 is 0 Å². The topological polar surface area (TPSA) is 58.9 Å². The van der Waals surface area contributed by atoms with Crippen molar-refractivity contribution in [2.24, 2.45) is 0 Å². The van der Waals surface area contributed by atoms with Gasteiger partial charge in [0.2, 0.25) is 0 Å². The smallest absolute Gasteiger partial charge is 0.124 e. The summed E-state index contributed by atoms with van der Waals surface area (Å²) >= 11 is 1.55. The van der Waals surface area contributed by atoms with Gasteiger partial charge in [0.05, 0.1) is 22.2 Å². The van der Waals surface area contributed by atoms with Crippen molar-refractivity contribution in [2.75, 3.05) is 0 Å². The van der Waals surface area contributed by atoms with Crippen LogP contribution in [0.5, 0.6) is 5.75 Å². The number of para-hydroxylation sites is 1. The van der Waals surface area contributed by atoms with Crippen LogP contribution in [0.3, 0.4) is 0 Å². The number of aromatic nitrogens is 3. The molecule has 0 unspecified atom stereocenters. The summed E-state index contributed by atoms with van der Waals surface area (Å²) in [4.78, 5) is 15.5. The number of pyridine rings is 1. The largest absolute Gasteiger partial charge is 0.507 e. The predicted molar refractivity (Wildman–Crippen MR) is 162 cm³/mol. The molecule has 2 aromatic heterocycles. The van der Waals surface area contributed by atoms with Crippen molar-refractivity contribution in [3.63, 3.8) is 0 Å². The van der Waals surface area contributed by atoms with E-state index in [0.717, 1.165) is 49.0 Å². The molecule has 6 rings (SSSR count). The van der Waals surface area contributed by atoms with Gasteiger partial charge < -0.3 is 5.11 Å². The number of aromatic hydroxyl groups is 1. The monoisotopic (exact) mass is 731 g/mol. The second-order valence-corrected chi connectivity index (χ2v) is 10.6. The number of benzene rings is 4. The Bertz CT molecular complexity index is 1790. The summed E-state index contributed by atoms with van der Waals surface area (Å²) in [5, 5.41) is 11.6. The number of phenols is 1. The first-order valence-corrected chi connectivity index (χ1v) is 13.8. The summed E-state index contributed by atoms with van der Waals surface area (Å²) in [5.74, 6) is 0.715. The Morgan fingerprint density at radius 3 is 2.12 bits per heavy atom. The van der Waals surface area contributed by atoms with Gasteiger partial charge in [-0.3, -0.25) is 9.97 Å². The molecule has 0 aliphatic carbocycles. The average molecular weight is 732 g/mol. The third kappa shape index (κ3) is 6.32. The van der Waals surface area contributed by atoms with E-state index in [2.05, 4.69) is 67.4 Å². The van der Waals surface area contributed by atoms with Crippen molar-refractivity contribution < 1.29 is 26.2 Å². The molecule has 0 radical (unpaired) electrons. The Morgan fingerprint density at radius 1 is 0.683 bits per heavy atom. The molecule has 0 saturated carbocycles. The van der Waals surface area contributed by atoms with Crippen molar-refractivity contribution in [1.29, 1.82) is 0 Å². The first-order valence-electron chi connectivity index (χ1n) is 13.0. The van der Waals surface area contributed by atoms with Gasteiger partial charge in [-0.05, 0) is 60.9 Å². The maximum Gasteiger partial charge on any atom is 0.124 e. The summed E-state index contributed by atoms with van der Waals surface area (Å²) < 4.78 is 0. The van der Waals surface area contributed by atoms with Gasteiger partial charge in [0.15, 0.2) is 0 Å². The molecule has 6 aromatic rings. The van der Waals surface area contributed by atoms with E-state index in [1.165, 1.54) is 0 Å². The molecule has 0 aliphatic rings. The van der Waals surface area contributed by atoms with Gasteiger partial charge in [-0.1, -0.05) is 89.0 Å². The standard InChI is InChI=1S/C35H26N3OS.Pt/c1-23-11-10-12-24(2)34(23)31-22-30(29-15-6-7-16-32(29)39)37-35(38-31)27-19-26(25-13-4-3-5-14-25)20-28(21-27)40-33-17-8-9-18-36-33;/h3-20,22,39H,1-2H3;/q-1;. The van der Waals surface area contributed by atoms with E-state index in [1.54, 1.807) is 24.0 Å². The molecule has 41 heavy (non-hydrogen) atoms. The molecule has 0 spiro atoms. The number of phenolic OH excluding ortho intramolecular Hbond substituents is 1. The Labute approximate surface area is 258 Å². The summed E-state index contributed by atoms with van der Waals surface area (Å²) in [5.41, 5.74) is 8.32. The minimum atomic E-state index is 0. The van der Waals surface area contributed by atoms with Crippen molar-refractivity contribution in [1.82, 2.24) is 15.0 Å². The minimum absolute atomic E-state index is 0. The third-order valence-corrected chi connectivity index (χ3v) is 7.58. The second-order valence-electron chi connectivity index (χ2n) is 9.53. The molecule has 2 heterocycles. The zero-order valence-corrected chi connectivity index (χ0v) is 25.6. The molecule has 4 nitrogen and oxygen atoms in total. The van der Waals surface area contributed by atoms with E-state index in [1.807, 2.05) is 60.7 Å². The van der Waals surface area contributed by atoms with E-state index >= 15 is 0 Å². The van der Waals surface area contributed by atoms with Gasteiger partial charge in [-0.15, -0.1) is 23.8 Å². The number of hydrogen-bond donors (Lipinski definition) is 1.